The Bertz CT molecular complexity index is 568. The molecule has 0 bridgehead atoms. The zero-order chi connectivity index (χ0) is 17.1. The Labute approximate surface area is 150 Å². The van der Waals surface area contributed by atoms with Crippen LogP contribution in [0.5, 0.6) is 0 Å². The molecule has 3 fully saturated rings. The largest absolute Gasteiger partial charge is 0.381 e. The number of aromatic nitrogens is 1. The maximum absolute atomic E-state index is 6.16. The van der Waals surface area contributed by atoms with Gasteiger partial charge in [0.2, 0.25) is 0 Å². The smallest absolute Gasteiger partial charge is 0.0959 e. The molecule has 1 aromatic heterocycles. The van der Waals surface area contributed by atoms with Crippen LogP contribution in [0.25, 0.3) is 0 Å². The summed E-state index contributed by atoms with van der Waals surface area (Å²) in [4.78, 5) is 7.09. The zero-order valence-corrected chi connectivity index (χ0v) is 15.3. The van der Waals surface area contributed by atoms with Crippen molar-refractivity contribution in [1.29, 1.82) is 0 Å². The van der Waals surface area contributed by atoms with Crippen LogP contribution in [0.4, 0.5) is 0 Å². The standard InChI is InChI=1S/C20H30N2O3/c1-16-3-2-4-18(21-16)13-24-19-7-10-25-20(11-19)14-22(15-20)12-17-5-8-23-9-6-17/h2-4,17,19H,5-15H2,1H3/t19-/m0/s1. The molecule has 0 radical (unpaired) electrons. The first kappa shape index (κ1) is 17.4. The van der Waals surface area contributed by atoms with Gasteiger partial charge in [-0.1, -0.05) is 6.07 Å². The van der Waals surface area contributed by atoms with Crippen LogP contribution in [0, 0.1) is 12.8 Å². The van der Waals surface area contributed by atoms with Crippen LogP contribution >= 0.6 is 0 Å². The van der Waals surface area contributed by atoms with Gasteiger partial charge in [-0.3, -0.25) is 9.88 Å². The van der Waals surface area contributed by atoms with E-state index in [1.54, 1.807) is 0 Å². The van der Waals surface area contributed by atoms with Crippen LogP contribution < -0.4 is 0 Å². The number of ether oxygens (including phenoxy) is 3. The molecule has 5 heteroatoms. The number of hydrogen-bond donors (Lipinski definition) is 0. The van der Waals surface area contributed by atoms with Gasteiger partial charge < -0.3 is 14.2 Å². The Morgan fingerprint density at radius 2 is 2.04 bits per heavy atom. The Morgan fingerprint density at radius 1 is 1.20 bits per heavy atom. The van der Waals surface area contributed by atoms with Gasteiger partial charge in [-0.05, 0) is 44.2 Å². The molecule has 3 aliphatic heterocycles. The fraction of sp³-hybridized carbons (Fsp3) is 0.750. The Balaban J connectivity index is 1.23. The van der Waals surface area contributed by atoms with E-state index < -0.39 is 0 Å². The third kappa shape index (κ3) is 4.40. The number of aryl methyl sites for hydroxylation is 1. The normalized spacial score (nSPS) is 27.3. The van der Waals surface area contributed by atoms with E-state index in [1.807, 2.05) is 25.1 Å². The Hall–Kier alpha value is -1.01. The van der Waals surface area contributed by atoms with Gasteiger partial charge in [0.1, 0.15) is 0 Å². The minimum atomic E-state index is 0.0358. The van der Waals surface area contributed by atoms with Gasteiger partial charge in [-0.2, -0.15) is 0 Å². The van der Waals surface area contributed by atoms with Crippen LogP contribution in [0.1, 0.15) is 37.1 Å². The molecule has 0 unspecified atom stereocenters. The molecule has 1 atom stereocenters. The fourth-order valence-electron chi connectivity index (χ4n) is 4.42. The molecule has 0 saturated carbocycles. The highest BCUT2D eigenvalue weighted by molar-refractivity contribution is 5.09. The van der Waals surface area contributed by atoms with Crippen molar-refractivity contribution in [3.63, 3.8) is 0 Å². The molecule has 3 aliphatic rings. The summed E-state index contributed by atoms with van der Waals surface area (Å²) in [7, 11) is 0. The van der Waals surface area contributed by atoms with Gasteiger partial charge in [-0.15, -0.1) is 0 Å². The second-order valence-corrected chi connectivity index (χ2v) is 7.95. The van der Waals surface area contributed by atoms with Crippen molar-refractivity contribution in [3.05, 3.63) is 29.6 Å². The molecule has 0 aliphatic carbocycles. The summed E-state index contributed by atoms with van der Waals surface area (Å²) in [6.07, 6.45) is 4.72. The van der Waals surface area contributed by atoms with Crippen molar-refractivity contribution < 1.29 is 14.2 Å². The van der Waals surface area contributed by atoms with Crippen molar-refractivity contribution in [1.82, 2.24) is 9.88 Å². The molecule has 3 saturated heterocycles. The highest BCUT2D eigenvalue weighted by Gasteiger charge is 2.48. The molecule has 4 heterocycles. The molecule has 0 amide bonds. The summed E-state index contributed by atoms with van der Waals surface area (Å²) < 4.78 is 17.8. The Morgan fingerprint density at radius 3 is 2.84 bits per heavy atom. The van der Waals surface area contributed by atoms with Gasteiger partial charge in [-0.25, -0.2) is 0 Å². The van der Waals surface area contributed by atoms with Gasteiger partial charge in [0.15, 0.2) is 0 Å². The molecule has 1 aromatic rings. The first-order valence-corrected chi connectivity index (χ1v) is 9.69. The summed E-state index contributed by atoms with van der Waals surface area (Å²) in [5.74, 6) is 0.800. The summed E-state index contributed by atoms with van der Waals surface area (Å²) in [6.45, 7) is 8.64. The number of pyridine rings is 1. The van der Waals surface area contributed by atoms with E-state index in [0.717, 1.165) is 63.1 Å². The lowest BCUT2D eigenvalue weighted by atomic mass is 9.83. The number of likely N-dealkylation sites (tertiary alicyclic amines) is 1. The molecule has 138 valence electrons. The second kappa shape index (κ2) is 7.70. The second-order valence-electron chi connectivity index (χ2n) is 7.95. The van der Waals surface area contributed by atoms with E-state index in [9.17, 15) is 0 Å². The van der Waals surface area contributed by atoms with Gasteiger partial charge in [0.25, 0.3) is 0 Å². The highest BCUT2D eigenvalue weighted by atomic mass is 16.5. The maximum Gasteiger partial charge on any atom is 0.0959 e. The summed E-state index contributed by atoms with van der Waals surface area (Å²) in [6, 6.07) is 6.11. The van der Waals surface area contributed by atoms with E-state index in [1.165, 1.54) is 19.4 Å². The minimum absolute atomic E-state index is 0.0358. The van der Waals surface area contributed by atoms with E-state index in [-0.39, 0.29) is 5.60 Å². The average Bonchev–Trinajstić information content (AvgIpc) is 2.60. The zero-order valence-electron chi connectivity index (χ0n) is 15.3. The first-order chi connectivity index (χ1) is 12.2. The molecule has 4 rings (SSSR count). The van der Waals surface area contributed by atoms with Crippen molar-refractivity contribution in [3.8, 4) is 0 Å². The molecule has 25 heavy (non-hydrogen) atoms. The van der Waals surface area contributed by atoms with Crippen LogP contribution in [0.15, 0.2) is 18.2 Å². The fourth-order valence-corrected chi connectivity index (χ4v) is 4.42. The predicted molar refractivity (Wildman–Crippen MR) is 95.5 cm³/mol. The summed E-state index contributed by atoms with van der Waals surface area (Å²) in [5.41, 5.74) is 2.11. The lowest BCUT2D eigenvalue weighted by molar-refractivity contribution is -0.201. The minimum Gasteiger partial charge on any atom is -0.381 e. The van der Waals surface area contributed by atoms with Crippen molar-refractivity contribution >= 4 is 0 Å². The third-order valence-corrected chi connectivity index (χ3v) is 5.74. The molecular weight excluding hydrogens is 316 g/mol. The first-order valence-electron chi connectivity index (χ1n) is 9.69. The van der Waals surface area contributed by atoms with Crippen LogP contribution in [-0.2, 0) is 20.8 Å². The van der Waals surface area contributed by atoms with Crippen LogP contribution in [0.2, 0.25) is 0 Å². The van der Waals surface area contributed by atoms with E-state index in [4.69, 9.17) is 14.2 Å². The van der Waals surface area contributed by atoms with E-state index in [2.05, 4.69) is 9.88 Å². The molecule has 5 nitrogen and oxygen atoms in total. The SMILES string of the molecule is Cc1cccc(CO[C@H]2CCOC3(C2)CN(CC2CCOCC2)C3)n1. The molecular formula is C20H30N2O3. The molecule has 0 aromatic carbocycles. The highest BCUT2D eigenvalue weighted by Crippen LogP contribution is 2.36. The van der Waals surface area contributed by atoms with Crippen molar-refractivity contribution in [2.75, 3.05) is 39.5 Å². The summed E-state index contributed by atoms with van der Waals surface area (Å²) >= 11 is 0. The predicted octanol–water partition coefficient (Wildman–Crippen LogP) is 2.57. The van der Waals surface area contributed by atoms with E-state index in [0.29, 0.717) is 12.7 Å². The number of hydrogen-bond acceptors (Lipinski definition) is 5. The topological polar surface area (TPSA) is 43.8 Å². The summed E-state index contributed by atoms with van der Waals surface area (Å²) in [5, 5.41) is 0. The lowest BCUT2D eigenvalue weighted by Crippen LogP contribution is -2.66. The quantitative estimate of drug-likeness (QED) is 0.820. The molecule has 0 N–H and O–H groups in total. The lowest BCUT2D eigenvalue weighted by Gasteiger charge is -2.54. The van der Waals surface area contributed by atoms with Gasteiger partial charge in [0.05, 0.1) is 24.0 Å². The molecule has 1 spiro atoms. The number of nitrogens with zero attached hydrogens (tertiary/aromatic N) is 2. The van der Waals surface area contributed by atoms with Gasteiger partial charge >= 0.3 is 0 Å². The van der Waals surface area contributed by atoms with Crippen molar-refractivity contribution in [2.45, 2.75) is 50.9 Å². The average molecular weight is 346 g/mol. The van der Waals surface area contributed by atoms with Crippen molar-refractivity contribution in [2.24, 2.45) is 5.92 Å². The van der Waals surface area contributed by atoms with Crippen LogP contribution in [0.3, 0.4) is 0 Å². The monoisotopic (exact) mass is 346 g/mol. The third-order valence-electron chi connectivity index (χ3n) is 5.74. The van der Waals surface area contributed by atoms with Crippen LogP contribution in [-0.4, -0.2) is 61.0 Å². The van der Waals surface area contributed by atoms with E-state index >= 15 is 0 Å². The van der Waals surface area contributed by atoms with Gasteiger partial charge in [0, 0.05) is 51.6 Å². The maximum atomic E-state index is 6.16. The Kier molecular flexibility index (Phi) is 5.36. The number of rotatable bonds is 5.